The molecule has 1 unspecified atom stereocenters. The minimum Gasteiger partial charge on any atom is -0.461 e. The Labute approximate surface area is 228 Å². The molecule has 3 aliphatic rings. The Balaban J connectivity index is 1.40. The fourth-order valence-electron chi connectivity index (χ4n) is 6.16. The van der Waals surface area contributed by atoms with Gasteiger partial charge in [0.2, 0.25) is 0 Å². The highest BCUT2D eigenvalue weighted by molar-refractivity contribution is 6.35. The van der Waals surface area contributed by atoms with Crippen LogP contribution in [0, 0.1) is 6.92 Å². The number of fused-ring (bicyclic) bond motifs is 2. The molecule has 3 aliphatic heterocycles. The van der Waals surface area contributed by atoms with Crippen LogP contribution in [0.25, 0.3) is 10.9 Å². The third-order valence-corrected chi connectivity index (χ3v) is 8.56. The van der Waals surface area contributed by atoms with Crippen molar-refractivity contribution in [1.29, 1.82) is 0 Å². The van der Waals surface area contributed by atoms with Crippen LogP contribution in [0.15, 0.2) is 18.3 Å². The van der Waals surface area contributed by atoms with Crippen molar-refractivity contribution in [2.24, 2.45) is 0 Å². The molecular weight excluding hydrogens is 502 g/mol. The third-order valence-electron chi connectivity index (χ3n) is 8.08. The molecule has 3 aromatic rings. The van der Waals surface area contributed by atoms with E-state index in [1.54, 1.807) is 0 Å². The lowest BCUT2D eigenvalue weighted by atomic mass is 9.98. The van der Waals surface area contributed by atoms with Gasteiger partial charge in [0.05, 0.1) is 41.3 Å². The Morgan fingerprint density at radius 3 is 2.74 bits per heavy atom. The summed E-state index contributed by atoms with van der Waals surface area (Å²) in [5, 5.41) is 6.52. The van der Waals surface area contributed by atoms with Gasteiger partial charge in [0.25, 0.3) is 0 Å². The normalized spacial score (nSPS) is 20.0. The van der Waals surface area contributed by atoms with Crippen LogP contribution in [-0.4, -0.2) is 53.6 Å². The molecule has 8 nitrogen and oxygen atoms in total. The molecule has 1 aromatic carbocycles. The van der Waals surface area contributed by atoms with Crippen molar-refractivity contribution in [3.8, 4) is 0 Å². The van der Waals surface area contributed by atoms with Gasteiger partial charge in [-0.2, -0.15) is 5.10 Å². The third kappa shape index (κ3) is 4.62. The van der Waals surface area contributed by atoms with Crippen molar-refractivity contribution in [2.75, 3.05) is 42.6 Å². The Morgan fingerprint density at radius 1 is 1.13 bits per heavy atom. The predicted molar refractivity (Wildman–Crippen MR) is 149 cm³/mol. The predicted octanol–water partition coefficient (Wildman–Crippen LogP) is 5.82. The number of aryl methyl sites for hydroxylation is 1. The lowest BCUT2D eigenvalue weighted by Crippen LogP contribution is -2.36. The van der Waals surface area contributed by atoms with E-state index in [1.165, 1.54) is 24.8 Å². The summed E-state index contributed by atoms with van der Waals surface area (Å²) in [5.41, 5.74) is 6.73. The van der Waals surface area contributed by atoms with E-state index < -0.39 is 0 Å². The fourth-order valence-corrected chi connectivity index (χ4v) is 6.44. The van der Waals surface area contributed by atoms with Gasteiger partial charge in [-0.25, -0.2) is 14.5 Å². The number of anilines is 2. The molecule has 1 atom stereocenters. The van der Waals surface area contributed by atoms with E-state index in [-0.39, 0.29) is 12.2 Å². The van der Waals surface area contributed by atoms with Crippen molar-refractivity contribution in [3.05, 3.63) is 45.9 Å². The number of benzene rings is 1. The van der Waals surface area contributed by atoms with Crippen molar-refractivity contribution in [1.82, 2.24) is 14.8 Å². The highest BCUT2D eigenvalue weighted by Crippen LogP contribution is 2.41. The van der Waals surface area contributed by atoms with Gasteiger partial charge in [-0.1, -0.05) is 11.6 Å². The lowest BCUT2D eigenvalue weighted by molar-refractivity contribution is -0.0366. The van der Waals surface area contributed by atoms with E-state index in [0.29, 0.717) is 18.8 Å². The molecular formula is C29H36ClN5O3. The molecule has 9 heteroatoms. The Morgan fingerprint density at radius 2 is 1.97 bits per heavy atom. The summed E-state index contributed by atoms with van der Waals surface area (Å²) < 4.78 is 13.4. The number of rotatable bonds is 5. The summed E-state index contributed by atoms with van der Waals surface area (Å²) in [4.78, 5) is 22.4. The average molecular weight is 538 g/mol. The van der Waals surface area contributed by atoms with Crippen molar-refractivity contribution < 1.29 is 14.3 Å². The first kappa shape index (κ1) is 25.4. The van der Waals surface area contributed by atoms with Crippen molar-refractivity contribution >= 4 is 39.8 Å². The number of pyridine rings is 1. The molecule has 202 valence electrons. The van der Waals surface area contributed by atoms with Crippen LogP contribution in [0.2, 0.25) is 5.02 Å². The van der Waals surface area contributed by atoms with E-state index in [1.807, 2.05) is 30.8 Å². The molecule has 2 fully saturated rings. The minimum absolute atomic E-state index is 0.0438. The first-order valence-corrected chi connectivity index (χ1v) is 14.4. The summed E-state index contributed by atoms with van der Waals surface area (Å²) in [6, 6.07) is 4.07. The largest absolute Gasteiger partial charge is 0.461 e. The molecule has 0 saturated carbocycles. The zero-order valence-corrected chi connectivity index (χ0v) is 23.1. The van der Waals surface area contributed by atoms with Gasteiger partial charge < -0.3 is 19.3 Å². The number of aromatic nitrogens is 3. The summed E-state index contributed by atoms with van der Waals surface area (Å²) >= 11 is 6.99. The van der Waals surface area contributed by atoms with Crippen LogP contribution in [0.5, 0.6) is 0 Å². The van der Waals surface area contributed by atoms with Gasteiger partial charge in [-0.3, -0.25) is 0 Å². The standard InChI is InChI=1S/C29H36ClN5O3/c1-3-37-29(36)22-16-24(33-11-6-4-7-12-33)20-10-13-34(18-23(20)32-22)28-21-17-31-35(26-9-5-8-14-38-26)25(21)15-19(2)27(28)30/h15-17,26H,3-14,18H2,1-2H3. The molecule has 38 heavy (non-hydrogen) atoms. The molecule has 2 saturated heterocycles. The molecule has 0 N–H and O–H groups in total. The fraction of sp³-hybridized carbons (Fsp3) is 0.552. The molecule has 0 bridgehead atoms. The monoisotopic (exact) mass is 537 g/mol. The number of hydrogen-bond acceptors (Lipinski definition) is 7. The van der Waals surface area contributed by atoms with Crippen LogP contribution in [0.4, 0.5) is 11.4 Å². The van der Waals surface area contributed by atoms with E-state index in [9.17, 15) is 4.79 Å². The van der Waals surface area contributed by atoms with E-state index in [4.69, 9.17) is 31.2 Å². The van der Waals surface area contributed by atoms with Crippen LogP contribution in [-0.2, 0) is 22.4 Å². The molecule has 0 radical (unpaired) electrons. The molecule has 0 aliphatic carbocycles. The van der Waals surface area contributed by atoms with Gasteiger partial charge >= 0.3 is 5.97 Å². The van der Waals surface area contributed by atoms with Crippen LogP contribution < -0.4 is 9.80 Å². The molecule has 0 spiro atoms. The van der Waals surface area contributed by atoms with Crippen molar-refractivity contribution in [3.63, 3.8) is 0 Å². The second kappa shape index (κ2) is 10.7. The van der Waals surface area contributed by atoms with Crippen LogP contribution >= 0.6 is 11.6 Å². The maximum atomic E-state index is 12.8. The number of hydrogen-bond donors (Lipinski definition) is 0. The smallest absolute Gasteiger partial charge is 0.356 e. The van der Waals surface area contributed by atoms with Gasteiger partial charge in [-0.15, -0.1) is 0 Å². The Kier molecular flexibility index (Phi) is 7.18. The maximum absolute atomic E-state index is 12.8. The topological polar surface area (TPSA) is 72.7 Å². The number of ether oxygens (including phenoxy) is 2. The lowest BCUT2D eigenvalue weighted by Gasteiger charge is -2.36. The molecule has 0 amide bonds. The van der Waals surface area contributed by atoms with E-state index in [2.05, 4.69) is 15.9 Å². The number of nitrogens with zero attached hydrogens (tertiary/aromatic N) is 5. The van der Waals surface area contributed by atoms with Gasteiger partial charge in [0.1, 0.15) is 0 Å². The SMILES string of the molecule is CCOC(=O)c1cc(N2CCCCC2)c2c(n1)CN(c1c(Cl)c(C)cc3c1cnn3C1CCCCO1)CC2. The number of carbonyl (C=O) groups is 1. The molecule has 5 heterocycles. The molecule has 2 aromatic heterocycles. The second-order valence-corrected chi connectivity index (χ2v) is 11.0. The zero-order valence-electron chi connectivity index (χ0n) is 22.3. The summed E-state index contributed by atoms with van der Waals surface area (Å²) in [5.74, 6) is -0.365. The highest BCUT2D eigenvalue weighted by atomic mass is 35.5. The number of piperidine rings is 1. The average Bonchev–Trinajstić information content (AvgIpc) is 3.37. The number of carbonyl (C=O) groups excluding carboxylic acids is 1. The first-order valence-electron chi connectivity index (χ1n) is 14.0. The van der Waals surface area contributed by atoms with E-state index in [0.717, 1.165) is 90.5 Å². The number of esters is 1. The van der Waals surface area contributed by atoms with Crippen molar-refractivity contribution in [2.45, 2.75) is 71.6 Å². The van der Waals surface area contributed by atoms with Crippen LogP contribution in [0.1, 0.15) is 79.0 Å². The van der Waals surface area contributed by atoms with Gasteiger partial charge in [0, 0.05) is 42.9 Å². The number of halogens is 1. The highest BCUT2D eigenvalue weighted by Gasteiger charge is 2.30. The summed E-state index contributed by atoms with van der Waals surface area (Å²) in [6.07, 6.45) is 9.51. The summed E-state index contributed by atoms with van der Waals surface area (Å²) in [6.45, 7) is 8.38. The Hall–Kier alpha value is -2.84. The summed E-state index contributed by atoms with van der Waals surface area (Å²) in [7, 11) is 0. The minimum atomic E-state index is -0.365. The quantitative estimate of drug-likeness (QED) is 0.379. The van der Waals surface area contributed by atoms with Gasteiger partial charge in [0.15, 0.2) is 11.9 Å². The van der Waals surface area contributed by atoms with Gasteiger partial charge in [-0.05, 0) is 76.5 Å². The molecule has 6 rings (SSSR count). The Bertz CT molecular complexity index is 1340. The first-order chi connectivity index (χ1) is 18.5. The maximum Gasteiger partial charge on any atom is 0.356 e. The van der Waals surface area contributed by atoms with Crippen LogP contribution in [0.3, 0.4) is 0 Å². The second-order valence-electron chi connectivity index (χ2n) is 10.6. The van der Waals surface area contributed by atoms with E-state index >= 15 is 0 Å². The zero-order chi connectivity index (χ0) is 26.2.